The van der Waals surface area contributed by atoms with Gasteiger partial charge in [-0.3, -0.25) is 0 Å². The summed E-state index contributed by atoms with van der Waals surface area (Å²) in [5.41, 5.74) is 7.02. The Morgan fingerprint density at radius 1 is 0.920 bits per heavy atom. The monoisotopic (exact) mass is 347 g/mol. The Morgan fingerprint density at radius 2 is 1.64 bits per heavy atom. The first kappa shape index (κ1) is 18.3. The molecule has 0 aromatic carbocycles. The Balaban J connectivity index is 1.63. The van der Waals surface area contributed by atoms with Crippen molar-refractivity contribution in [2.45, 2.75) is 91.1 Å². The van der Waals surface area contributed by atoms with Crippen molar-refractivity contribution >= 4 is 0 Å². The molecule has 0 radical (unpaired) electrons. The van der Waals surface area contributed by atoms with E-state index in [0.717, 1.165) is 54.9 Å². The second kappa shape index (κ2) is 6.51. The highest BCUT2D eigenvalue weighted by Gasteiger charge is 2.61. The van der Waals surface area contributed by atoms with Gasteiger partial charge in [0.25, 0.3) is 0 Å². The first-order chi connectivity index (χ1) is 11.9. The quantitative estimate of drug-likeness (QED) is 0.755. The lowest BCUT2D eigenvalue weighted by molar-refractivity contribution is -0.150. The van der Waals surface area contributed by atoms with Crippen LogP contribution in [0.3, 0.4) is 0 Å². The van der Waals surface area contributed by atoms with E-state index in [1.165, 1.54) is 51.4 Å². The van der Waals surface area contributed by atoms with E-state index in [-0.39, 0.29) is 6.10 Å². The Hall–Kier alpha value is -0.0800. The molecule has 0 aromatic rings. The molecule has 0 saturated heterocycles. The van der Waals surface area contributed by atoms with Crippen molar-refractivity contribution in [3.63, 3.8) is 0 Å². The lowest BCUT2D eigenvalue weighted by atomic mass is 9.42. The number of aliphatic hydroxyl groups excluding tert-OH is 1. The first-order valence-corrected chi connectivity index (χ1v) is 11.3. The van der Waals surface area contributed by atoms with Gasteiger partial charge in [-0.2, -0.15) is 0 Å². The van der Waals surface area contributed by atoms with Gasteiger partial charge in [0.05, 0.1) is 6.10 Å². The molecule has 0 amide bonds. The van der Waals surface area contributed by atoms with Crippen LogP contribution in [0.25, 0.3) is 0 Å². The molecule has 0 aliphatic heterocycles. The second-order valence-corrected chi connectivity index (χ2v) is 10.7. The third-order valence-corrected chi connectivity index (χ3v) is 10.1. The fraction of sp³-hybridized carbons (Fsp3) is 1.00. The van der Waals surface area contributed by atoms with Crippen LogP contribution >= 0.6 is 0 Å². The van der Waals surface area contributed by atoms with Crippen molar-refractivity contribution in [1.82, 2.24) is 0 Å². The predicted molar refractivity (Wildman–Crippen MR) is 104 cm³/mol. The molecular formula is C23H41NO. The van der Waals surface area contributed by atoms with Crippen LogP contribution in [0.5, 0.6) is 0 Å². The van der Waals surface area contributed by atoms with Crippen LogP contribution in [0, 0.1) is 46.3 Å². The molecule has 144 valence electrons. The molecular weight excluding hydrogens is 306 g/mol. The van der Waals surface area contributed by atoms with E-state index in [2.05, 4.69) is 20.8 Å². The number of fused-ring (bicyclic) bond motifs is 5. The molecule has 4 rings (SSSR count). The molecule has 0 heterocycles. The molecule has 6 unspecified atom stereocenters. The molecule has 2 heteroatoms. The van der Waals surface area contributed by atoms with Crippen LogP contribution in [0.15, 0.2) is 0 Å². The van der Waals surface area contributed by atoms with Crippen molar-refractivity contribution in [3.8, 4) is 0 Å². The normalized spacial score (nSPS) is 55.3. The summed E-state index contributed by atoms with van der Waals surface area (Å²) in [6.07, 6.45) is 13.1. The molecule has 0 spiro atoms. The van der Waals surface area contributed by atoms with Crippen molar-refractivity contribution in [2.24, 2.45) is 52.1 Å². The lowest BCUT2D eigenvalue weighted by Crippen LogP contribution is -2.56. The van der Waals surface area contributed by atoms with Crippen LogP contribution in [0.2, 0.25) is 0 Å². The van der Waals surface area contributed by atoms with Crippen LogP contribution < -0.4 is 5.73 Å². The average molecular weight is 348 g/mol. The van der Waals surface area contributed by atoms with Gasteiger partial charge >= 0.3 is 0 Å². The summed E-state index contributed by atoms with van der Waals surface area (Å²) in [5.74, 6) is 5.30. The number of aliphatic hydroxyl groups is 1. The van der Waals surface area contributed by atoms with Gasteiger partial charge in [0.2, 0.25) is 0 Å². The SMILES string of the molecule is CC[C@H]1CC2C3CCC(CCN)C3(C)CC[C@@H]2C2(C)CC[C@@H](O)CC12. The average Bonchev–Trinajstić information content (AvgIpc) is 2.92. The van der Waals surface area contributed by atoms with Crippen LogP contribution in [0.4, 0.5) is 0 Å². The molecule has 9 atom stereocenters. The van der Waals surface area contributed by atoms with Gasteiger partial charge in [0.1, 0.15) is 0 Å². The van der Waals surface area contributed by atoms with Crippen LogP contribution in [-0.2, 0) is 0 Å². The summed E-state index contributed by atoms with van der Waals surface area (Å²) < 4.78 is 0. The van der Waals surface area contributed by atoms with E-state index in [4.69, 9.17) is 5.73 Å². The second-order valence-electron chi connectivity index (χ2n) is 10.7. The molecule has 4 aliphatic rings. The Kier molecular flexibility index (Phi) is 4.77. The van der Waals surface area contributed by atoms with Crippen LogP contribution in [0.1, 0.15) is 85.0 Å². The molecule has 4 saturated carbocycles. The number of nitrogens with two attached hydrogens (primary N) is 1. The van der Waals surface area contributed by atoms with Gasteiger partial charge in [0, 0.05) is 0 Å². The Morgan fingerprint density at radius 3 is 2.36 bits per heavy atom. The molecule has 3 N–H and O–H groups in total. The lowest BCUT2D eigenvalue weighted by Gasteiger charge is -2.63. The molecule has 25 heavy (non-hydrogen) atoms. The minimum atomic E-state index is -0.0297. The van der Waals surface area contributed by atoms with Crippen LogP contribution in [-0.4, -0.2) is 17.8 Å². The van der Waals surface area contributed by atoms with E-state index in [1.54, 1.807) is 0 Å². The third kappa shape index (κ3) is 2.64. The minimum absolute atomic E-state index is 0.0297. The smallest absolute Gasteiger partial charge is 0.0543 e. The highest BCUT2D eigenvalue weighted by molar-refractivity contribution is 5.10. The molecule has 0 aromatic heterocycles. The standard InChI is InChI=1S/C23H41NO/c1-4-15-13-18-19-6-5-16(9-12-24)22(19,2)11-8-20(18)23(3)10-7-17(25)14-21(15)23/h15-21,25H,4-14,24H2,1-3H3/t15-,16?,17+,18?,19?,20-,21?,22?,23?/m0/s1. The molecule has 2 nitrogen and oxygen atoms in total. The van der Waals surface area contributed by atoms with E-state index in [0.29, 0.717) is 10.8 Å². The van der Waals surface area contributed by atoms with E-state index in [1.807, 2.05) is 0 Å². The van der Waals surface area contributed by atoms with Crippen molar-refractivity contribution in [3.05, 3.63) is 0 Å². The van der Waals surface area contributed by atoms with Crippen molar-refractivity contribution in [1.29, 1.82) is 0 Å². The maximum absolute atomic E-state index is 10.3. The topological polar surface area (TPSA) is 46.2 Å². The van der Waals surface area contributed by atoms with E-state index < -0.39 is 0 Å². The summed E-state index contributed by atoms with van der Waals surface area (Å²) in [6.45, 7) is 8.52. The zero-order valence-corrected chi connectivity index (χ0v) is 16.8. The molecule has 0 bridgehead atoms. The van der Waals surface area contributed by atoms with Gasteiger partial charge in [-0.1, -0.05) is 27.2 Å². The largest absolute Gasteiger partial charge is 0.393 e. The maximum atomic E-state index is 10.3. The van der Waals surface area contributed by atoms with Gasteiger partial charge in [-0.05, 0) is 111 Å². The summed E-state index contributed by atoms with van der Waals surface area (Å²) in [5, 5.41) is 10.3. The summed E-state index contributed by atoms with van der Waals surface area (Å²) in [4.78, 5) is 0. The Labute approximate surface area is 155 Å². The summed E-state index contributed by atoms with van der Waals surface area (Å²) in [6, 6.07) is 0. The highest BCUT2D eigenvalue weighted by Crippen LogP contribution is 2.68. The Bertz CT molecular complexity index is 492. The number of hydrogen-bond acceptors (Lipinski definition) is 2. The molecule has 4 aliphatic carbocycles. The summed E-state index contributed by atoms with van der Waals surface area (Å²) in [7, 11) is 0. The zero-order chi connectivity index (χ0) is 17.8. The van der Waals surface area contributed by atoms with Gasteiger partial charge < -0.3 is 10.8 Å². The van der Waals surface area contributed by atoms with Crippen molar-refractivity contribution < 1.29 is 5.11 Å². The molecule has 4 fully saturated rings. The van der Waals surface area contributed by atoms with Gasteiger partial charge in [0.15, 0.2) is 0 Å². The number of hydrogen-bond donors (Lipinski definition) is 2. The minimum Gasteiger partial charge on any atom is -0.393 e. The van der Waals surface area contributed by atoms with Crippen molar-refractivity contribution in [2.75, 3.05) is 6.54 Å². The van der Waals surface area contributed by atoms with Gasteiger partial charge in [-0.25, -0.2) is 0 Å². The number of rotatable bonds is 3. The van der Waals surface area contributed by atoms with E-state index >= 15 is 0 Å². The van der Waals surface area contributed by atoms with E-state index in [9.17, 15) is 5.11 Å². The third-order valence-electron chi connectivity index (χ3n) is 10.1. The first-order valence-electron chi connectivity index (χ1n) is 11.3. The van der Waals surface area contributed by atoms with Gasteiger partial charge in [-0.15, -0.1) is 0 Å². The fourth-order valence-corrected chi connectivity index (χ4v) is 8.72. The predicted octanol–water partition coefficient (Wildman–Crippen LogP) is 4.99. The zero-order valence-electron chi connectivity index (χ0n) is 16.8. The summed E-state index contributed by atoms with van der Waals surface area (Å²) >= 11 is 0. The maximum Gasteiger partial charge on any atom is 0.0543 e. The fourth-order valence-electron chi connectivity index (χ4n) is 8.72. The highest BCUT2D eigenvalue weighted by atomic mass is 16.3.